The highest BCUT2D eigenvalue weighted by molar-refractivity contribution is 7.21. The van der Waals surface area contributed by atoms with Crippen molar-refractivity contribution in [3.05, 3.63) is 38.8 Å². The second-order valence-corrected chi connectivity index (χ2v) is 8.56. The molecule has 0 aliphatic carbocycles. The zero-order chi connectivity index (χ0) is 21.7. The second-order valence-electron chi connectivity index (χ2n) is 7.59. The number of carbonyl (C=O) groups is 1. The molecule has 0 aromatic carbocycles. The summed E-state index contributed by atoms with van der Waals surface area (Å²) in [6, 6.07) is -0.191. The number of carbonyl (C=O) groups excluding carboxylic acids is 1. The van der Waals surface area contributed by atoms with Crippen LogP contribution in [-0.4, -0.2) is 36.1 Å². The molecule has 3 heterocycles. The van der Waals surface area contributed by atoms with Gasteiger partial charge in [-0.05, 0) is 41.5 Å². The van der Waals surface area contributed by atoms with Gasteiger partial charge in [0.15, 0.2) is 6.30 Å². The van der Waals surface area contributed by atoms with Gasteiger partial charge in [-0.3, -0.25) is 14.2 Å². The summed E-state index contributed by atoms with van der Waals surface area (Å²) in [5.41, 5.74) is -2.56. The third kappa shape index (κ3) is 3.28. The third-order valence-electron chi connectivity index (χ3n) is 4.63. The van der Waals surface area contributed by atoms with E-state index in [1.807, 2.05) is 0 Å². The lowest BCUT2D eigenvalue weighted by Gasteiger charge is -2.27. The molecule has 1 atom stereocenters. The smallest absolute Gasteiger partial charge is 0.335 e. The van der Waals surface area contributed by atoms with Gasteiger partial charge in [-0.15, -0.1) is 4.80 Å². The Labute approximate surface area is 169 Å². The minimum absolute atomic E-state index is 0.164. The summed E-state index contributed by atoms with van der Waals surface area (Å²) in [5, 5.41) is 11.5. The van der Waals surface area contributed by atoms with E-state index in [1.54, 1.807) is 20.8 Å². The van der Waals surface area contributed by atoms with Gasteiger partial charge in [0.05, 0.1) is 17.8 Å². The predicted molar refractivity (Wildman–Crippen MR) is 108 cm³/mol. The zero-order valence-electron chi connectivity index (χ0n) is 17.1. The van der Waals surface area contributed by atoms with Gasteiger partial charge in [-0.2, -0.15) is 10.2 Å². The number of thiophene rings is 1. The van der Waals surface area contributed by atoms with Crippen LogP contribution in [0.15, 0.2) is 22.0 Å². The fraction of sp³-hybridized carbons (Fsp3) is 0.500. The van der Waals surface area contributed by atoms with E-state index in [4.69, 9.17) is 0 Å². The van der Waals surface area contributed by atoms with Gasteiger partial charge in [0, 0.05) is 11.6 Å². The van der Waals surface area contributed by atoms with E-state index in [0.29, 0.717) is 10.6 Å². The zero-order valence-corrected chi connectivity index (χ0v) is 17.9. The average molecular weight is 422 g/mol. The highest BCUT2D eigenvalue weighted by atomic mass is 32.1. The number of aryl methyl sites for hydroxylation is 1. The minimum atomic E-state index is -1.71. The quantitative estimate of drug-likeness (QED) is 0.676. The summed E-state index contributed by atoms with van der Waals surface area (Å²) in [7, 11) is 0. The van der Waals surface area contributed by atoms with Gasteiger partial charge < -0.3 is 5.32 Å². The molecular formula is C18H23FN6O3S. The molecule has 3 aromatic heterocycles. The van der Waals surface area contributed by atoms with Crippen LogP contribution in [0.3, 0.4) is 0 Å². The van der Waals surface area contributed by atoms with Crippen molar-refractivity contribution in [3.63, 3.8) is 0 Å². The highest BCUT2D eigenvalue weighted by Gasteiger charge is 2.36. The fourth-order valence-corrected chi connectivity index (χ4v) is 4.44. The van der Waals surface area contributed by atoms with Crippen molar-refractivity contribution in [3.8, 4) is 5.00 Å². The molecule has 0 saturated heterocycles. The van der Waals surface area contributed by atoms with E-state index in [9.17, 15) is 18.8 Å². The number of nitrogens with one attached hydrogen (secondary N) is 1. The molecule has 29 heavy (non-hydrogen) atoms. The number of halogens is 1. The average Bonchev–Trinajstić information content (AvgIpc) is 3.21. The Bertz CT molecular complexity index is 1190. The number of fused-ring (bicyclic) bond motifs is 1. The first kappa shape index (κ1) is 20.9. The molecule has 1 N–H and O–H groups in total. The number of hydrogen-bond acceptors (Lipinski definition) is 6. The number of alkyl halides is 1. The van der Waals surface area contributed by atoms with Crippen LogP contribution in [0.2, 0.25) is 0 Å². The number of aromatic nitrogens is 5. The van der Waals surface area contributed by atoms with Crippen LogP contribution in [0.4, 0.5) is 4.39 Å². The molecule has 0 bridgehead atoms. The van der Waals surface area contributed by atoms with Gasteiger partial charge in [-0.25, -0.2) is 13.8 Å². The van der Waals surface area contributed by atoms with Gasteiger partial charge in [0.1, 0.15) is 15.4 Å². The maximum atomic E-state index is 14.5. The molecule has 0 spiro atoms. The molecule has 0 aliphatic rings. The molecule has 0 fully saturated rings. The van der Waals surface area contributed by atoms with Crippen molar-refractivity contribution < 1.29 is 9.18 Å². The van der Waals surface area contributed by atoms with E-state index >= 15 is 0 Å². The first-order valence-corrected chi connectivity index (χ1v) is 9.93. The van der Waals surface area contributed by atoms with Crippen molar-refractivity contribution in [2.75, 3.05) is 0 Å². The molecule has 11 heteroatoms. The van der Waals surface area contributed by atoms with Gasteiger partial charge in [-0.1, -0.05) is 11.3 Å². The Morgan fingerprint density at radius 3 is 2.31 bits per heavy atom. The van der Waals surface area contributed by atoms with Crippen LogP contribution in [-0.2, 0) is 10.3 Å². The molecule has 3 aromatic rings. The van der Waals surface area contributed by atoms with E-state index < -0.39 is 29.0 Å². The molecule has 0 aliphatic heterocycles. The Balaban J connectivity index is 2.42. The number of amides is 1. The Morgan fingerprint density at radius 1 is 1.21 bits per heavy atom. The standard InChI is InChI=1S/C18H23FN6O3S/c1-9(2)22-16(27)18(5,6)24-13(26)12-10(3)14(25-20-7-8-21-25)29-15(12)23(11(4)19)17(24)28/h7-9,11H,1-6H3,(H,22,27). The molecule has 9 nitrogen and oxygen atoms in total. The predicted octanol–water partition coefficient (Wildman–Crippen LogP) is 1.86. The lowest BCUT2D eigenvalue weighted by molar-refractivity contribution is -0.129. The number of hydrogen-bond donors (Lipinski definition) is 1. The summed E-state index contributed by atoms with van der Waals surface area (Å²) in [6.07, 6.45) is 1.25. The van der Waals surface area contributed by atoms with E-state index in [0.717, 1.165) is 20.5 Å². The third-order valence-corrected chi connectivity index (χ3v) is 5.88. The van der Waals surface area contributed by atoms with Crippen LogP contribution in [0.25, 0.3) is 15.2 Å². The summed E-state index contributed by atoms with van der Waals surface area (Å²) in [6.45, 7) is 9.36. The first-order chi connectivity index (χ1) is 13.5. The Morgan fingerprint density at radius 2 is 1.79 bits per heavy atom. The first-order valence-electron chi connectivity index (χ1n) is 9.11. The largest absolute Gasteiger partial charge is 0.352 e. The van der Waals surface area contributed by atoms with Gasteiger partial charge in [0.25, 0.3) is 5.56 Å². The molecular weight excluding hydrogens is 399 g/mol. The summed E-state index contributed by atoms with van der Waals surface area (Å²) in [4.78, 5) is 40.8. The van der Waals surface area contributed by atoms with Crippen LogP contribution in [0, 0.1) is 6.92 Å². The summed E-state index contributed by atoms with van der Waals surface area (Å²) < 4.78 is 16.3. The van der Waals surface area contributed by atoms with Crippen LogP contribution >= 0.6 is 11.3 Å². The van der Waals surface area contributed by atoms with Gasteiger partial charge >= 0.3 is 5.69 Å². The van der Waals surface area contributed by atoms with Crippen LogP contribution in [0.1, 0.15) is 46.5 Å². The van der Waals surface area contributed by atoms with Crippen LogP contribution in [0.5, 0.6) is 0 Å². The molecule has 1 amide bonds. The maximum Gasteiger partial charge on any atom is 0.335 e. The van der Waals surface area contributed by atoms with Gasteiger partial charge in [0.2, 0.25) is 5.91 Å². The molecule has 156 valence electrons. The fourth-order valence-electron chi connectivity index (χ4n) is 3.16. The SMILES string of the molecule is Cc1c(-n2nccn2)sc2c1c(=O)n(C(C)(C)C(=O)NC(C)C)c(=O)n2C(C)F. The normalized spacial score (nSPS) is 13.2. The Hall–Kier alpha value is -2.82. The van der Waals surface area contributed by atoms with Crippen molar-refractivity contribution >= 4 is 27.5 Å². The Kier molecular flexibility index (Phi) is 5.20. The van der Waals surface area contributed by atoms with Crippen molar-refractivity contribution in [1.29, 1.82) is 0 Å². The minimum Gasteiger partial charge on any atom is -0.352 e. The summed E-state index contributed by atoms with van der Waals surface area (Å²) >= 11 is 1.05. The molecule has 3 rings (SSSR count). The van der Waals surface area contributed by atoms with Crippen LogP contribution < -0.4 is 16.6 Å². The van der Waals surface area contributed by atoms with E-state index in [1.165, 1.54) is 38.0 Å². The van der Waals surface area contributed by atoms with Crippen molar-refractivity contribution in [1.82, 2.24) is 29.4 Å². The topological polar surface area (TPSA) is 104 Å². The highest BCUT2D eigenvalue weighted by Crippen LogP contribution is 2.32. The molecule has 1 unspecified atom stereocenters. The van der Waals surface area contributed by atoms with Crippen molar-refractivity contribution in [2.45, 2.75) is 59.4 Å². The monoisotopic (exact) mass is 422 g/mol. The van der Waals surface area contributed by atoms with Crippen molar-refractivity contribution in [2.24, 2.45) is 0 Å². The molecule has 0 radical (unpaired) electrons. The summed E-state index contributed by atoms with van der Waals surface area (Å²) in [5.74, 6) is -0.508. The van der Waals surface area contributed by atoms with E-state index in [2.05, 4.69) is 15.5 Å². The lowest BCUT2D eigenvalue weighted by atomic mass is 10.0. The maximum absolute atomic E-state index is 14.5. The number of nitrogens with zero attached hydrogens (tertiary/aromatic N) is 5. The lowest BCUT2D eigenvalue weighted by Crippen LogP contribution is -2.56. The molecule has 0 saturated carbocycles. The second kappa shape index (κ2) is 7.21. The van der Waals surface area contributed by atoms with E-state index in [-0.39, 0.29) is 16.3 Å². The number of rotatable bonds is 5.